The molecule has 0 aliphatic rings. The van der Waals surface area contributed by atoms with E-state index in [0.717, 1.165) is 25.7 Å². The van der Waals surface area contributed by atoms with Crippen molar-refractivity contribution in [3.63, 3.8) is 0 Å². The molecule has 0 aromatic rings. The quantitative estimate of drug-likeness (QED) is 0.169. The number of aliphatic hydroxyl groups is 2. The minimum absolute atomic E-state index is 0.00527. The lowest BCUT2D eigenvalue weighted by Gasteiger charge is -2.20. The monoisotopic (exact) mass is 387 g/mol. The SMILES string of the molecule is CCCCCC=CCC(C(O)CC(O)C(CCCC[C]=O)[N+](=O)[O-])[N+](=O)[O-]. The van der Waals surface area contributed by atoms with Crippen molar-refractivity contribution in [2.75, 3.05) is 0 Å². The first-order chi connectivity index (χ1) is 12.8. The first kappa shape index (κ1) is 25.1. The lowest BCUT2D eigenvalue weighted by Crippen LogP contribution is -2.41. The summed E-state index contributed by atoms with van der Waals surface area (Å²) < 4.78 is 0. The van der Waals surface area contributed by atoms with Gasteiger partial charge >= 0.3 is 0 Å². The van der Waals surface area contributed by atoms with Gasteiger partial charge in [-0.1, -0.05) is 31.9 Å². The minimum Gasteiger partial charge on any atom is -0.386 e. The van der Waals surface area contributed by atoms with Crippen LogP contribution in [-0.4, -0.2) is 50.6 Å². The standard InChI is InChI=1S/C18H31N2O7/c1-2-3-4-5-6-8-11-15(19(24)25)17(22)14-18(23)16(20(26)27)12-9-7-10-13-21/h6,8,15-18,22-23H,2-5,7,9-12,14H2,1H3. The highest BCUT2D eigenvalue weighted by atomic mass is 16.6. The molecule has 155 valence electrons. The van der Waals surface area contributed by atoms with Crippen LogP contribution in [0.4, 0.5) is 0 Å². The fraction of sp³-hybridized carbons (Fsp3) is 0.833. The average molecular weight is 387 g/mol. The van der Waals surface area contributed by atoms with Gasteiger partial charge in [0.1, 0.15) is 12.2 Å². The number of rotatable bonds is 17. The number of nitro groups is 2. The molecule has 0 saturated carbocycles. The van der Waals surface area contributed by atoms with Crippen molar-refractivity contribution in [1.29, 1.82) is 0 Å². The molecule has 0 fully saturated rings. The second kappa shape index (κ2) is 15.2. The van der Waals surface area contributed by atoms with Crippen molar-refractivity contribution < 1.29 is 24.9 Å². The van der Waals surface area contributed by atoms with Crippen LogP contribution in [-0.2, 0) is 4.79 Å². The molecule has 0 aromatic carbocycles. The van der Waals surface area contributed by atoms with Gasteiger partial charge in [0.05, 0.1) is 0 Å². The van der Waals surface area contributed by atoms with Gasteiger partial charge in [-0.05, 0) is 25.7 Å². The maximum absolute atomic E-state index is 11.2. The third-order valence-electron chi connectivity index (χ3n) is 4.46. The van der Waals surface area contributed by atoms with Crippen LogP contribution >= 0.6 is 0 Å². The molecule has 4 atom stereocenters. The Kier molecular flexibility index (Phi) is 14.2. The number of hydrogen-bond donors (Lipinski definition) is 2. The third-order valence-corrected chi connectivity index (χ3v) is 4.46. The summed E-state index contributed by atoms with van der Waals surface area (Å²) in [6.45, 7) is 2.08. The summed E-state index contributed by atoms with van der Waals surface area (Å²) >= 11 is 0. The van der Waals surface area contributed by atoms with Crippen molar-refractivity contribution in [3.05, 3.63) is 32.4 Å². The summed E-state index contributed by atoms with van der Waals surface area (Å²) in [5.74, 6) is 0. The van der Waals surface area contributed by atoms with Gasteiger partial charge < -0.3 is 10.2 Å². The Bertz CT molecular complexity index is 471. The zero-order valence-electron chi connectivity index (χ0n) is 15.9. The zero-order valence-corrected chi connectivity index (χ0v) is 15.9. The van der Waals surface area contributed by atoms with E-state index in [9.17, 15) is 35.2 Å². The molecule has 27 heavy (non-hydrogen) atoms. The fourth-order valence-electron chi connectivity index (χ4n) is 2.80. The van der Waals surface area contributed by atoms with Crippen molar-refractivity contribution in [1.82, 2.24) is 0 Å². The van der Waals surface area contributed by atoms with Gasteiger partial charge in [-0.25, -0.2) is 0 Å². The van der Waals surface area contributed by atoms with E-state index in [2.05, 4.69) is 6.92 Å². The van der Waals surface area contributed by atoms with Crippen LogP contribution in [0.2, 0.25) is 0 Å². The van der Waals surface area contributed by atoms with E-state index in [0.29, 0.717) is 12.8 Å². The van der Waals surface area contributed by atoms with Crippen LogP contribution in [0.1, 0.15) is 71.1 Å². The molecule has 9 heteroatoms. The van der Waals surface area contributed by atoms with Crippen molar-refractivity contribution >= 4 is 6.29 Å². The Balaban J connectivity index is 4.63. The first-order valence-corrected chi connectivity index (χ1v) is 9.48. The molecule has 0 bridgehead atoms. The lowest BCUT2D eigenvalue weighted by atomic mass is 9.95. The number of aliphatic hydroxyl groups excluding tert-OH is 2. The third kappa shape index (κ3) is 11.4. The van der Waals surface area contributed by atoms with Crippen molar-refractivity contribution in [2.24, 2.45) is 0 Å². The summed E-state index contributed by atoms with van der Waals surface area (Å²) in [6.07, 6.45) is 6.66. The predicted molar refractivity (Wildman–Crippen MR) is 100 cm³/mol. The van der Waals surface area contributed by atoms with Gasteiger partial charge in [-0.3, -0.25) is 25.0 Å². The van der Waals surface area contributed by atoms with Crippen LogP contribution in [0.5, 0.6) is 0 Å². The Labute approximate surface area is 159 Å². The molecule has 0 aromatic heterocycles. The molecule has 0 saturated heterocycles. The van der Waals surface area contributed by atoms with Crippen LogP contribution in [0, 0.1) is 20.2 Å². The molecule has 0 aliphatic carbocycles. The second-order valence-electron chi connectivity index (χ2n) is 6.67. The Morgan fingerprint density at radius 3 is 2.15 bits per heavy atom. The van der Waals surface area contributed by atoms with Gasteiger partial charge in [-0.15, -0.1) is 0 Å². The van der Waals surface area contributed by atoms with E-state index < -0.39 is 40.6 Å². The molecule has 4 unspecified atom stereocenters. The Morgan fingerprint density at radius 1 is 0.963 bits per heavy atom. The summed E-state index contributed by atoms with van der Waals surface area (Å²) in [7, 11) is 0. The van der Waals surface area contributed by atoms with Crippen molar-refractivity contribution in [3.8, 4) is 0 Å². The van der Waals surface area contributed by atoms with Crippen LogP contribution in [0.25, 0.3) is 0 Å². The van der Waals surface area contributed by atoms with E-state index in [-0.39, 0.29) is 19.3 Å². The molecule has 0 amide bonds. The van der Waals surface area contributed by atoms with Gasteiger partial charge in [-0.2, -0.15) is 0 Å². The molecule has 0 rings (SSSR count). The summed E-state index contributed by atoms with van der Waals surface area (Å²) in [5.41, 5.74) is 0. The van der Waals surface area contributed by atoms with Gasteiger partial charge in [0.25, 0.3) is 0 Å². The topological polar surface area (TPSA) is 144 Å². The highest BCUT2D eigenvalue weighted by molar-refractivity contribution is 5.50. The summed E-state index contributed by atoms with van der Waals surface area (Å²) in [6, 6.07) is -2.65. The van der Waals surface area contributed by atoms with E-state index in [1.807, 2.05) is 6.08 Å². The highest BCUT2D eigenvalue weighted by Gasteiger charge is 2.36. The van der Waals surface area contributed by atoms with Gasteiger partial charge in [0.15, 0.2) is 6.29 Å². The smallest absolute Gasteiger partial charge is 0.242 e. The Morgan fingerprint density at radius 2 is 1.59 bits per heavy atom. The maximum atomic E-state index is 11.2. The molecular weight excluding hydrogens is 356 g/mol. The lowest BCUT2D eigenvalue weighted by molar-refractivity contribution is -0.543. The highest BCUT2D eigenvalue weighted by Crippen LogP contribution is 2.17. The summed E-state index contributed by atoms with van der Waals surface area (Å²) in [5, 5.41) is 42.5. The normalized spacial score (nSPS) is 16.0. The average Bonchev–Trinajstić information content (AvgIpc) is 2.60. The van der Waals surface area contributed by atoms with Crippen LogP contribution in [0.15, 0.2) is 12.2 Å². The molecule has 0 aliphatic heterocycles. The van der Waals surface area contributed by atoms with Gasteiger partial charge in [0, 0.05) is 35.5 Å². The number of allylic oxidation sites excluding steroid dienone is 1. The molecule has 0 spiro atoms. The molecule has 9 nitrogen and oxygen atoms in total. The molecule has 2 N–H and O–H groups in total. The largest absolute Gasteiger partial charge is 0.386 e. The van der Waals surface area contributed by atoms with E-state index in [4.69, 9.17) is 0 Å². The number of unbranched alkanes of at least 4 members (excludes halogenated alkanes) is 5. The first-order valence-electron chi connectivity index (χ1n) is 9.48. The maximum Gasteiger partial charge on any atom is 0.242 e. The predicted octanol–water partition coefficient (Wildman–Crippen LogP) is 2.59. The fourth-order valence-corrected chi connectivity index (χ4v) is 2.80. The number of nitrogens with zero attached hydrogens (tertiary/aromatic N) is 2. The van der Waals surface area contributed by atoms with Crippen LogP contribution in [0.3, 0.4) is 0 Å². The van der Waals surface area contributed by atoms with Crippen LogP contribution < -0.4 is 0 Å². The van der Waals surface area contributed by atoms with E-state index >= 15 is 0 Å². The van der Waals surface area contributed by atoms with E-state index in [1.165, 1.54) is 0 Å². The number of hydrogen-bond acceptors (Lipinski definition) is 7. The number of carbonyl (C=O) groups excluding carboxylic acids is 1. The second-order valence-corrected chi connectivity index (χ2v) is 6.67. The Hall–Kier alpha value is -1.87. The van der Waals surface area contributed by atoms with E-state index in [1.54, 1.807) is 12.4 Å². The molecule has 1 radical (unpaired) electrons. The molecule has 0 heterocycles. The summed E-state index contributed by atoms with van der Waals surface area (Å²) in [4.78, 5) is 31.2. The molecular formula is C18H31N2O7. The van der Waals surface area contributed by atoms with Gasteiger partial charge in [0.2, 0.25) is 12.1 Å². The van der Waals surface area contributed by atoms with Crippen molar-refractivity contribution in [2.45, 2.75) is 95.4 Å². The minimum atomic E-state index is -1.49. The zero-order chi connectivity index (χ0) is 20.7.